The maximum Gasteiger partial charge on any atom is 0.336 e. The molecule has 0 radical (unpaired) electrons. The minimum Gasteiger partial charge on any atom is -0.479 e. The average Bonchev–Trinajstić information content (AvgIpc) is 2.79. The fourth-order valence-electron chi connectivity index (χ4n) is 5.38. The van der Waals surface area contributed by atoms with Gasteiger partial charge in [-0.05, 0) is 6.42 Å². The van der Waals surface area contributed by atoms with Crippen LogP contribution in [-0.4, -0.2) is 123 Å². The van der Waals surface area contributed by atoms with Gasteiger partial charge in [0.2, 0.25) is 0 Å². The molecule has 3 aliphatic rings. The van der Waals surface area contributed by atoms with Gasteiger partial charge >= 0.3 is 5.97 Å². The Balaban J connectivity index is 2.02. The summed E-state index contributed by atoms with van der Waals surface area (Å²) in [5, 5.41) is 71.3. The summed E-state index contributed by atoms with van der Waals surface area (Å²) in [4.78, 5) is 12.7. The number of aliphatic hydroxyl groups excluding tert-OH is 6. The number of hydrogen-bond acceptors (Lipinski definition) is 11. The highest BCUT2D eigenvalue weighted by molar-refractivity contribution is 5.78. The van der Waals surface area contributed by atoms with Crippen LogP contribution in [-0.2, 0) is 23.7 Å². The van der Waals surface area contributed by atoms with Crippen molar-refractivity contribution in [1.29, 1.82) is 0 Å². The molecule has 12 heteroatoms. The number of fused-ring (bicyclic) bond motifs is 1. The van der Waals surface area contributed by atoms with Gasteiger partial charge in [-0.15, -0.1) is 0 Å². The van der Waals surface area contributed by atoms with Gasteiger partial charge < -0.3 is 54.7 Å². The molecule has 0 bridgehead atoms. The number of methoxy groups -OCH3 is 1. The summed E-state index contributed by atoms with van der Waals surface area (Å²) >= 11 is 0. The number of carboxylic acids is 1. The van der Waals surface area contributed by atoms with Crippen LogP contribution in [0.15, 0.2) is 0 Å². The molecule has 3 aliphatic heterocycles. The lowest BCUT2D eigenvalue weighted by molar-refractivity contribution is -0.330. The highest BCUT2D eigenvalue weighted by atomic mass is 16.7. The van der Waals surface area contributed by atoms with E-state index in [1.807, 2.05) is 0 Å². The Morgan fingerprint density at radius 1 is 1.25 bits per heavy atom. The summed E-state index contributed by atoms with van der Waals surface area (Å²) < 4.78 is 22.6. The van der Waals surface area contributed by atoms with Crippen molar-refractivity contribution in [2.24, 2.45) is 17.8 Å². The number of rotatable bonds is 7. The van der Waals surface area contributed by atoms with E-state index in [1.165, 1.54) is 7.11 Å². The van der Waals surface area contributed by atoms with Crippen LogP contribution in [0.25, 0.3) is 0 Å². The minimum atomic E-state index is -2.05. The molecule has 12 nitrogen and oxygen atoms in total. The zero-order valence-electron chi connectivity index (χ0n) is 18.1. The highest BCUT2D eigenvalue weighted by Crippen LogP contribution is 2.49. The third-order valence-corrected chi connectivity index (χ3v) is 7.21. The van der Waals surface area contributed by atoms with Crippen LogP contribution in [0.4, 0.5) is 0 Å². The Morgan fingerprint density at radius 3 is 2.50 bits per heavy atom. The van der Waals surface area contributed by atoms with Gasteiger partial charge in [-0.25, -0.2) is 4.79 Å². The number of hydrogen-bond donors (Lipinski definition) is 7. The second kappa shape index (κ2) is 10.1. The number of aliphatic hydroxyl groups is 6. The van der Waals surface area contributed by atoms with E-state index >= 15 is 0 Å². The summed E-state index contributed by atoms with van der Waals surface area (Å²) in [5.41, 5.74) is -2.05. The number of ether oxygens (including phenoxy) is 4. The topological polar surface area (TPSA) is 196 Å². The predicted molar refractivity (Wildman–Crippen MR) is 104 cm³/mol. The first-order valence-corrected chi connectivity index (χ1v) is 10.8. The fraction of sp³-hybridized carbons (Fsp3) is 0.950. The summed E-state index contributed by atoms with van der Waals surface area (Å²) in [7, 11) is 1.36. The van der Waals surface area contributed by atoms with Crippen molar-refractivity contribution >= 4 is 5.97 Å². The maximum absolute atomic E-state index is 12.7. The monoisotopic (exact) mass is 466 g/mol. The molecule has 0 saturated carbocycles. The van der Waals surface area contributed by atoms with Crippen molar-refractivity contribution in [3.8, 4) is 0 Å². The van der Waals surface area contributed by atoms with Crippen LogP contribution in [0, 0.1) is 17.8 Å². The Labute approximate surface area is 185 Å². The molecule has 0 aromatic heterocycles. The largest absolute Gasteiger partial charge is 0.479 e. The third-order valence-electron chi connectivity index (χ3n) is 7.21. The van der Waals surface area contributed by atoms with Gasteiger partial charge in [-0.1, -0.05) is 6.92 Å². The molecule has 0 spiro atoms. The molecule has 186 valence electrons. The molecule has 3 saturated heterocycles. The molecule has 0 aromatic rings. The van der Waals surface area contributed by atoms with E-state index in [0.29, 0.717) is 0 Å². The summed E-state index contributed by atoms with van der Waals surface area (Å²) in [6.07, 6.45) is -10.2. The van der Waals surface area contributed by atoms with Crippen molar-refractivity contribution in [3.63, 3.8) is 0 Å². The van der Waals surface area contributed by atoms with Gasteiger partial charge in [0.15, 0.2) is 11.9 Å². The maximum atomic E-state index is 12.7. The molecule has 12 atom stereocenters. The van der Waals surface area contributed by atoms with Gasteiger partial charge in [-0.3, -0.25) is 0 Å². The molecule has 3 heterocycles. The van der Waals surface area contributed by atoms with E-state index in [2.05, 4.69) is 0 Å². The Bertz CT molecular complexity index is 648. The van der Waals surface area contributed by atoms with Gasteiger partial charge in [0.05, 0.1) is 31.5 Å². The molecule has 0 aromatic carbocycles. The predicted octanol–water partition coefficient (Wildman–Crippen LogP) is -2.94. The van der Waals surface area contributed by atoms with E-state index in [9.17, 15) is 40.5 Å². The zero-order chi connectivity index (χ0) is 23.8. The standard InChI is InChI=1S/C20H34O12/c1-8-10(23)5-20(19(27)28,32-16(8)14(25)11(24)6-21)9-3-4-30-17-13(9)15(26)12(7-22)31-18(17)29-2/h8-18,21-26H,3-7H2,1-2H3,(H,27,28)/t8-,9?,10-,11?,12?,13?,14?,15+,16?,17+,18-,20+/m1/s1. The molecule has 32 heavy (non-hydrogen) atoms. The van der Waals surface area contributed by atoms with Crippen molar-refractivity contribution in [2.75, 3.05) is 26.9 Å². The summed E-state index contributed by atoms with van der Waals surface area (Å²) in [6.45, 7) is 0.326. The fourth-order valence-corrected chi connectivity index (χ4v) is 5.38. The second-order valence-electron chi connectivity index (χ2n) is 8.91. The van der Waals surface area contributed by atoms with Crippen molar-refractivity contribution in [1.82, 2.24) is 0 Å². The Morgan fingerprint density at radius 2 is 1.94 bits per heavy atom. The van der Waals surface area contributed by atoms with E-state index < -0.39 is 91.6 Å². The molecule has 7 N–H and O–H groups in total. The van der Waals surface area contributed by atoms with Crippen molar-refractivity contribution < 1.29 is 59.5 Å². The molecular formula is C20H34O12. The lowest BCUT2D eigenvalue weighted by atomic mass is 9.64. The lowest BCUT2D eigenvalue weighted by Crippen LogP contribution is -2.69. The molecule has 6 unspecified atom stereocenters. The average molecular weight is 466 g/mol. The van der Waals surface area contributed by atoms with Crippen LogP contribution in [0.5, 0.6) is 0 Å². The third kappa shape index (κ3) is 4.29. The molecule has 0 aliphatic carbocycles. The first-order chi connectivity index (χ1) is 15.1. The van der Waals surface area contributed by atoms with Crippen LogP contribution in [0.1, 0.15) is 19.8 Å². The zero-order valence-corrected chi connectivity index (χ0v) is 18.1. The first-order valence-electron chi connectivity index (χ1n) is 10.8. The first kappa shape index (κ1) is 25.7. The van der Waals surface area contributed by atoms with Crippen LogP contribution < -0.4 is 0 Å². The Hall–Kier alpha value is -0.930. The normalized spacial score (nSPS) is 46.8. The second-order valence-corrected chi connectivity index (χ2v) is 8.91. The highest BCUT2D eigenvalue weighted by Gasteiger charge is 2.63. The van der Waals surface area contributed by atoms with E-state index in [-0.39, 0.29) is 19.4 Å². The van der Waals surface area contributed by atoms with E-state index in [0.717, 1.165) is 0 Å². The van der Waals surface area contributed by atoms with Crippen molar-refractivity contribution in [2.45, 2.75) is 74.4 Å². The van der Waals surface area contributed by atoms with Crippen molar-refractivity contribution in [3.05, 3.63) is 0 Å². The smallest absolute Gasteiger partial charge is 0.336 e. The lowest BCUT2D eigenvalue weighted by Gasteiger charge is -2.56. The van der Waals surface area contributed by atoms with E-state index in [1.54, 1.807) is 6.92 Å². The van der Waals surface area contributed by atoms with Crippen LogP contribution in [0.2, 0.25) is 0 Å². The Kier molecular flexibility index (Phi) is 8.14. The summed E-state index contributed by atoms with van der Waals surface area (Å²) in [5.74, 6) is -3.95. The van der Waals surface area contributed by atoms with Gasteiger partial charge in [0.25, 0.3) is 0 Å². The SMILES string of the molecule is CO[C@@H]1OC(CO)[C@H](O)C2C([C@]3(C(=O)O)C[C@@H](O)[C@@H](C)C(C(O)C(O)CO)O3)CCO[C@@H]21. The number of aliphatic carboxylic acids is 1. The van der Waals surface area contributed by atoms with Gasteiger partial charge in [0, 0.05) is 37.9 Å². The summed E-state index contributed by atoms with van der Waals surface area (Å²) in [6, 6.07) is 0. The van der Waals surface area contributed by atoms with Crippen LogP contribution >= 0.6 is 0 Å². The molecule has 3 rings (SSSR count). The molecule has 3 fully saturated rings. The number of carbonyl (C=O) groups is 1. The van der Waals surface area contributed by atoms with Gasteiger partial charge in [-0.2, -0.15) is 0 Å². The van der Waals surface area contributed by atoms with Gasteiger partial charge in [0.1, 0.15) is 24.4 Å². The molecular weight excluding hydrogens is 432 g/mol. The minimum absolute atomic E-state index is 0.0993. The quantitative estimate of drug-likeness (QED) is 0.202. The van der Waals surface area contributed by atoms with E-state index in [4.69, 9.17) is 18.9 Å². The van der Waals surface area contributed by atoms with Crippen LogP contribution in [0.3, 0.4) is 0 Å². The molecule has 0 amide bonds. The number of carboxylic acid groups (broad SMARTS) is 1.